The van der Waals surface area contributed by atoms with Gasteiger partial charge in [-0.3, -0.25) is 9.59 Å². The molecule has 0 bridgehead atoms. The first-order chi connectivity index (χ1) is 12.7. The highest BCUT2D eigenvalue weighted by Gasteiger charge is 2.19. The second-order valence-corrected chi connectivity index (χ2v) is 8.35. The highest BCUT2D eigenvalue weighted by Crippen LogP contribution is 2.36. The molecule has 0 radical (unpaired) electrons. The third kappa shape index (κ3) is 9.07. The number of hydrogen-bond acceptors (Lipinski definition) is 4. The molecule has 0 saturated carbocycles. The molecule has 0 fully saturated rings. The normalized spacial score (nSPS) is 11.3. The van der Waals surface area contributed by atoms with Crippen molar-refractivity contribution in [3.8, 4) is 11.5 Å². The predicted molar refractivity (Wildman–Crippen MR) is 109 cm³/mol. The minimum atomic E-state index is -0.284. The van der Waals surface area contributed by atoms with Crippen molar-refractivity contribution >= 4 is 11.9 Å². The van der Waals surface area contributed by atoms with Crippen LogP contribution in [0, 0.1) is 11.8 Å². The molecule has 0 aliphatic rings. The van der Waals surface area contributed by atoms with Crippen LogP contribution in [0.2, 0.25) is 0 Å². The van der Waals surface area contributed by atoms with Crippen LogP contribution in [0.4, 0.5) is 0 Å². The van der Waals surface area contributed by atoms with Crippen LogP contribution in [0.3, 0.4) is 0 Å². The number of carbonyl (C=O) groups is 2. The first-order valence-electron chi connectivity index (χ1n) is 10.2. The lowest BCUT2D eigenvalue weighted by molar-refractivity contribution is -0.137. The second kappa shape index (κ2) is 11.8. The van der Waals surface area contributed by atoms with Crippen molar-refractivity contribution in [2.24, 2.45) is 11.8 Å². The monoisotopic (exact) mass is 376 g/mol. The van der Waals surface area contributed by atoms with E-state index in [1.807, 2.05) is 26.0 Å². The summed E-state index contributed by atoms with van der Waals surface area (Å²) < 4.78 is 11.2. The van der Waals surface area contributed by atoms with Gasteiger partial charge < -0.3 is 9.47 Å². The molecule has 1 aromatic carbocycles. The van der Waals surface area contributed by atoms with Gasteiger partial charge >= 0.3 is 11.9 Å². The largest absolute Gasteiger partial charge is 0.423 e. The maximum atomic E-state index is 12.3. The standard InChI is InChI=1S/C23H36O4/c1-16(2)10-7-14-21(24)26-20-13-9-12-19(18(5)6)23(20)27-22(25)15-8-11-17(3)4/h9,12-13,16-18H,7-8,10-11,14-15H2,1-6H3. The molecule has 0 aliphatic heterocycles. The van der Waals surface area contributed by atoms with Crippen LogP contribution in [-0.2, 0) is 9.59 Å². The third-order valence-corrected chi connectivity index (χ3v) is 4.40. The second-order valence-electron chi connectivity index (χ2n) is 8.35. The molecule has 0 heterocycles. The molecular formula is C23H36O4. The number of rotatable bonds is 11. The van der Waals surface area contributed by atoms with Gasteiger partial charge in [0.25, 0.3) is 0 Å². The summed E-state index contributed by atoms with van der Waals surface area (Å²) in [6, 6.07) is 5.45. The number of ether oxygens (including phenoxy) is 2. The lowest BCUT2D eigenvalue weighted by Gasteiger charge is -2.17. The number of esters is 2. The lowest BCUT2D eigenvalue weighted by atomic mass is 10.0. The summed E-state index contributed by atoms with van der Waals surface area (Å²) in [4.78, 5) is 24.5. The van der Waals surface area contributed by atoms with Gasteiger partial charge in [0.05, 0.1) is 0 Å². The van der Waals surface area contributed by atoms with Crippen molar-refractivity contribution in [1.29, 1.82) is 0 Å². The summed E-state index contributed by atoms with van der Waals surface area (Å²) in [5.41, 5.74) is 0.875. The molecule has 4 nitrogen and oxygen atoms in total. The average Bonchev–Trinajstić information content (AvgIpc) is 2.55. The number of carbonyl (C=O) groups excluding carboxylic acids is 2. The van der Waals surface area contributed by atoms with Gasteiger partial charge in [-0.05, 0) is 36.7 Å². The zero-order valence-corrected chi connectivity index (χ0v) is 17.8. The Morgan fingerprint density at radius 3 is 1.81 bits per heavy atom. The molecule has 27 heavy (non-hydrogen) atoms. The molecular weight excluding hydrogens is 340 g/mol. The van der Waals surface area contributed by atoms with Gasteiger partial charge in [-0.2, -0.15) is 0 Å². The molecule has 152 valence electrons. The third-order valence-electron chi connectivity index (χ3n) is 4.40. The van der Waals surface area contributed by atoms with Gasteiger partial charge in [0.1, 0.15) is 0 Å². The van der Waals surface area contributed by atoms with E-state index in [9.17, 15) is 9.59 Å². The van der Waals surface area contributed by atoms with E-state index in [1.165, 1.54) is 0 Å². The van der Waals surface area contributed by atoms with E-state index in [0.29, 0.717) is 36.2 Å². The Kier molecular flexibility index (Phi) is 10.1. The summed E-state index contributed by atoms with van der Waals surface area (Å²) in [5.74, 6) is 1.44. The molecule has 1 rings (SSSR count). The zero-order valence-electron chi connectivity index (χ0n) is 17.8. The van der Waals surface area contributed by atoms with Crippen LogP contribution in [0.15, 0.2) is 18.2 Å². The smallest absolute Gasteiger partial charge is 0.311 e. The van der Waals surface area contributed by atoms with Crippen LogP contribution in [0.25, 0.3) is 0 Å². The zero-order chi connectivity index (χ0) is 20.4. The van der Waals surface area contributed by atoms with Crippen LogP contribution in [0.1, 0.15) is 91.5 Å². The van der Waals surface area contributed by atoms with Crippen LogP contribution in [0.5, 0.6) is 11.5 Å². The van der Waals surface area contributed by atoms with E-state index in [2.05, 4.69) is 27.7 Å². The first kappa shape index (κ1) is 23.2. The van der Waals surface area contributed by atoms with Gasteiger partial charge in [0.15, 0.2) is 11.5 Å². The molecule has 0 unspecified atom stereocenters. The van der Waals surface area contributed by atoms with E-state index >= 15 is 0 Å². The Labute approximate surface area is 164 Å². The fraction of sp³-hybridized carbons (Fsp3) is 0.652. The van der Waals surface area contributed by atoms with Crippen LogP contribution in [-0.4, -0.2) is 11.9 Å². The molecule has 4 heteroatoms. The van der Waals surface area contributed by atoms with Crippen molar-refractivity contribution in [3.05, 3.63) is 23.8 Å². The Hall–Kier alpha value is -1.84. The van der Waals surface area contributed by atoms with Crippen molar-refractivity contribution in [2.45, 2.75) is 86.0 Å². The van der Waals surface area contributed by atoms with Gasteiger partial charge in [-0.15, -0.1) is 0 Å². The summed E-state index contributed by atoms with van der Waals surface area (Å²) in [7, 11) is 0. The summed E-state index contributed by atoms with van der Waals surface area (Å²) in [6.07, 6.45) is 4.30. The minimum absolute atomic E-state index is 0.156. The van der Waals surface area contributed by atoms with Crippen molar-refractivity contribution in [3.63, 3.8) is 0 Å². The van der Waals surface area contributed by atoms with E-state index in [0.717, 1.165) is 31.2 Å². The molecule has 0 aromatic heterocycles. The van der Waals surface area contributed by atoms with E-state index < -0.39 is 0 Å². The Balaban J connectivity index is 2.83. The Morgan fingerprint density at radius 2 is 1.33 bits per heavy atom. The van der Waals surface area contributed by atoms with Crippen molar-refractivity contribution < 1.29 is 19.1 Å². The van der Waals surface area contributed by atoms with Gasteiger partial charge in [0.2, 0.25) is 0 Å². The number of benzene rings is 1. The van der Waals surface area contributed by atoms with E-state index in [1.54, 1.807) is 6.07 Å². The van der Waals surface area contributed by atoms with Gasteiger partial charge in [0, 0.05) is 18.4 Å². The predicted octanol–water partition coefficient (Wildman–Crippen LogP) is 6.27. The maximum absolute atomic E-state index is 12.3. The quantitative estimate of drug-likeness (QED) is 0.337. The molecule has 0 saturated heterocycles. The van der Waals surface area contributed by atoms with Crippen molar-refractivity contribution in [1.82, 2.24) is 0 Å². The number of hydrogen-bond donors (Lipinski definition) is 0. The maximum Gasteiger partial charge on any atom is 0.311 e. The molecule has 0 atom stereocenters. The van der Waals surface area contributed by atoms with Gasteiger partial charge in [-0.1, -0.05) is 66.5 Å². The minimum Gasteiger partial charge on any atom is -0.423 e. The molecule has 0 spiro atoms. The fourth-order valence-corrected chi connectivity index (χ4v) is 2.82. The Bertz CT molecular complexity index is 602. The number of para-hydroxylation sites is 1. The Morgan fingerprint density at radius 1 is 0.815 bits per heavy atom. The fourth-order valence-electron chi connectivity index (χ4n) is 2.82. The van der Waals surface area contributed by atoms with E-state index in [-0.39, 0.29) is 17.9 Å². The average molecular weight is 377 g/mol. The molecule has 0 N–H and O–H groups in total. The van der Waals surface area contributed by atoms with E-state index in [4.69, 9.17) is 9.47 Å². The SMILES string of the molecule is CC(C)CCCC(=O)Oc1cccc(C(C)C)c1OC(=O)CCCC(C)C. The van der Waals surface area contributed by atoms with Gasteiger partial charge in [-0.25, -0.2) is 0 Å². The molecule has 0 amide bonds. The lowest BCUT2D eigenvalue weighted by Crippen LogP contribution is -2.14. The molecule has 1 aromatic rings. The first-order valence-corrected chi connectivity index (χ1v) is 10.2. The highest BCUT2D eigenvalue weighted by molar-refractivity contribution is 5.77. The summed E-state index contributed by atoms with van der Waals surface area (Å²) in [6.45, 7) is 12.6. The topological polar surface area (TPSA) is 52.6 Å². The highest BCUT2D eigenvalue weighted by atomic mass is 16.6. The summed E-state index contributed by atoms with van der Waals surface area (Å²) >= 11 is 0. The summed E-state index contributed by atoms with van der Waals surface area (Å²) in [5, 5.41) is 0. The van der Waals surface area contributed by atoms with Crippen molar-refractivity contribution in [2.75, 3.05) is 0 Å². The van der Waals surface area contributed by atoms with Crippen LogP contribution >= 0.6 is 0 Å². The van der Waals surface area contributed by atoms with Crippen LogP contribution < -0.4 is 9.47 Å². The molecule has 0 aliphatic carbocycles.